The number of benzene rings is 1. The predicted molar refractivity (Wildman–Crippen MR) is 77.0 cm³/mol. The molecular weight excluding hydrogens is 262 g/mol. The van der Waals surface area contributed by atoms with Gasteiger partial charge in [-0.2, -0.15) is 0 Å². The Balaban J connectivity index is 2.06. The van der Waals surface area contributed by atoms with Crippen molar-refractivity contribution in [3.8, 4) is 12.3 Å². The standard InChI is InChI=1S/C14H16ClN3O/c1-2-6-17-7-9-18(10-8-17)14(19)11-4-3-5-12(16)13(11)15/h1,3-5H,6-10,16H2. The lowest BCUT2D eigenvalue weighted by atomic mass is 10.1. The number of anilines is 1. The van der Waals surface area contributed by atoms with Crippen LogP contribution in [0.15, 0.2) is 18.2 Å². The van der Waals surface area contributed by atoms with Gasteiger partial charge in [-0.25, -0.2) is 0 Å². The molecule has 1 aromatic carbocycles. The maximum absolute atomic E-state index is 12.4. The molecule has 0 radical (unpaired) electrons. The molecule has 2 N–H and O–H groups in total. The number of piperazine rings is 1. The number of terminal acetylenes is 1. The zero-order valence-corrected chi connectivity index (χ0v) is 11.4. The van der Waals surface area contributed by atoms with E-state index in [1.54, 1.807) is 23.1 Å². The molecule has 2 rings (SSSR count). The smallest absolute Gasteiger partial charge is 0.255 e. The second-order valence-electron chi connectivity index (χ2n) is 4.48. The monoisotopic (exact) mass is 277 g/mol. The Labute approximate surface area is 118 Å². The molecule has 0 bridgehead atoms. The van der Waals surface area contributed by atoms with Crippen LogP contribution < -0.4 is 5.73 Å². The summed E-state index contributed by atoms with van der Waals surface area (Å²) in [6.45, 7) is 3.52. The van der Waals surface area contributed by atoms with Crippen molar-refractivity contribution in [2.75, 3.05) is 38.5 Å². The van der Waals surface area contributed by atoms with Crippen molar-refractivity contribution >= 4 is 23.2 Å². The van der Waals surface area contributed by atoms with Crippen LogP contribution in [0, 0.1) is 12.3 Å². The molecule has 5 heteroatoms. The minimum Gasteiger partial charge on any atom is -0.398 e. The van der Waals surface area contributed by atoms with Crippen LogP contribution >= 0.6 is 11.6 Å². The van der Waals surface area contributed by atoms with Gasteiger partial charge < -0.3 is 10.6 Å². The summed E-state index contributed by atoms with van der Waals surface area (Å²) < 4.78 is 0. The number of nitrogen functional groups attached to an aromatic ring is 1. The van der Waals surface area contributed by atoms with Gasteiger partial charge in [0.15, 0.2) is 0 Å². The van der Waals surface area contributed by atoms with Crippen molar-refractivity contribution < 1.29 is 4.79 Å². The van der Waals surface area contributed by atoms with E-state index in [-0.39, 0.29) is 5.91 Å². The third kappa shape index (κ3) is 3.01. The van der Waals surface area contributed by atoms with Crippen molar-refractivity contribution in [1.82, 2.24) is 9.80 Å². The molecule has 1 amide bonds. The first-order chi connectivity index (χ1) is 9.13. The average molecular weight is 278 g/mol. The van der Waals surface area contributed by atoms with Crippen LogP contribution in [-0.2, 0) is 0 Å². The van der Waals surface area contributed by atoms with Crippen LogP contribution in [0.1, 0.15) is 10.4 Å². The van der Waals surface area contributed by atoms with E-state index in [9.17, 15) is 4.79 Å². The van der Waals surface area contributed by atoms with Crippen LogP contribution in [0.3, 0.4) is 0 Å². The number of rotatable bonds is 2. The highest BCUT2D eigenvalue weighted by molar-refractivity contribution is 6.36. The van der Waals surface area contributed by atoms with E-state index in [0.717, 1.165) is 13.1 Å². The Bertz CT molecular complexity index is 516. The molecule has 1 aromatic rings. The molecule has 0 atom stereocenters. The highest BCUT2D eigenvalue weighted by Gasteiger charge is 2.23. The van der Waals surface area contributed by atoms with E-state index in [2.05, 4.69) is 10.8 Å². The van der Waals surface area contributed by atoms with Crippen LogP contribution in [0.25, 0.3) is 0 Å². The molecule has 1 saturated heterocycles. The lowest BCUT2D eigenvalue weighted by Gasteiger charge is -2.33. The van der Waals surface area contributed by atoms with Crippen molar-refractivity contribution in [3.63, 3.8) is 0 Å². The lowest BCUT2D eigenvalue weighted by Crippen LogP contribution is -2.48. The third-order valence-electron chi connectivity index (χ3n) is 3.23. The largest absolute Gasteiger partial charge is 0.398 e. The van der Waals surface area contributed by atoms with Crippen LogP contribution in [0.4, 0.5) is 5.69 Å². The minimum atomic E-state index is -0.0716. The van der Waals surface area contributed by atoms with Gasteiger partial charge in [-0.15, -0.1) is 6.42 Å². The van der Waals surface area contributed by atoms with E-state index < -0.39 is 0 Å². The fourth-order valence-electron chi connectivity index (χ4n) is 2.12. The van der Waals surface area contributed by atoms with Gasteiger partial charge in [0.25, 0.3) is 5.91 Å². The first-order valence-corrected chi connectivity index (χ1v) is 6.50. The normalized spacial score (nSPS) is 16.1. The molecule has 1 aliphatic heterocycles. The zero-order valence-electron chi connectivity index (χ0n) is 10.6. The first kappa shape index (κ1) is 13.7. The zero-order chi connectivity index (χ0) is 13.8. The molecule has 0 spiro atoms. The van der Waals surface area contributed by atoms with E-state index >= 15 is 0 Å². The SMILES string of the molecule is C#CCN1CCN(C(=O)c2cccc(N)c2Cl)CC1. The van der Waals surface area contributed by atoms with Gasteiger partial charge >= 0.3 is 0 Å². The molecule has 1 fully saturated rings. The van der Waals surface area contributed by atoms with Gasteiger partial charge in [0.1, 0.15) is 0 Å². The summed E-state index contributed by atoms with van der Waals surface area (Å²) in [5.41, 5.74) is 6.61. The molecule has 0 unspecified atom stereocenters. The highest BCUT2D eigenvalue weighted by atomic mass is 35.5. The van der Waals surface area contributed by atoms with E-state index in [1.807, 2.05) is 0 Å². The summed E-state index contributed by atoms with van der Waals surface area (Å²) in [6, 6.07) is 5.13. The number of nitrogens with two attached hydrogens (primary N) is 1. The van der Waals surface area contributed by atoms with Gasteiger partial charge in [0.05, 0.1) is 22.8 Å². The Hall–Kier alpha value is -1.70. The van der Waals surface area contributed by atoms with Crippen LogP contribution in [-0.4, -0.2) is 48.4 Å². The second-order valence-corrected chi connectivity index (χ2v) is 4.86. The Morgan fingerprint density at radius 1 is 1.37 bits per heavy atom. The van der Waals surface area contributed by atoms with Gasteiger partial charge in [-0.05, 0) is 12.1 Å². The summed E-state index contributed by atoms with van der Waals surface area (Å²) in [6.07, 6.45) is 5.28. The Morgan fingerprint density at radius 3 is 2.68 bits per heavy atom. The number of nitrogens with zero attached hydrogens (tertiary/aromatic N) is 2. The highest BCUT2D eigenvalue weighted by Crippen LogP contribution is 2.24. The topological polar surface area (TPSA) is 49.6 Å². The van der Waals surface area contributed by atoms with Gasteiger partial charge in [-0.3, -0.25) is 9.69 Å². The Morgan fingerprint density at radius 2 is 2.05 bits per heavy atom. The third-order valence-corrected chi connectivity index (χ3v) is 3.66. The number of halogens is 1. The summed E-state index contributed by atoms with van der Waals surface area (Å²) in [5, 5.41) is 0.332. The van der Waals surface area contributed by atoms with Gasteiger partial charge in [0.2, 0.25) is 0 Å². The van der Waals surface area contributed by atoms with Gasteiger partial charge in [-0.1, -0.05) is 23.6 Å². The summed E-state index contributed by atoms with van der Waals surface area (Å²) in [4.78, 5) is 16.3. The molecule has 4 nitrogen and oxygen atoms in total. The first-order valence-electron chi connectivity index (χ1n) is 6.12. The number of amides is 1. The number of hydrogen-bond donors (Lipinski definition) is 1. The molecule has 0 aliphatic carbocycles. The predicted octanol–water partition coefficient (Wildman–Crippen LogP) is 1.31. The fraction of sp³-hybridized carbons (Fsp3) is 0.357. The average Bonchev–Trinajstić information content (AvgIpc) is 2.42. The second kappa shape index (κ2) is 5.96. The number of carbonyl (C=O) groups excluding carboxylic acids is 1. The fourth-order valence-corrected chi connectivity index (χ4v) is 2.33. The minimum absolute atomic E-state index is 0.0716. The van der Waals surface area contributed by atoms with E-state index in [1.165, 1.54) is 0 Å². The number of carbonyl (C=O) groups is 1. The maximum atomic E-state index is 12.4. The summed E-state index contributed by atoms with van der Waals surface area (Å²) in [7, 11) is 0. The van der Waals surface area contributed by atoms with Crippen LogP contribution in [0.2, 0.25) is 5.02 Å². The molecular formula is C14H16ClN3O. The molecule has 100 valence electrons. The van der Waals surface area contributed by atoms with Crippen molar-refractivity contribution in [3.05, 3.63) is 28.8 Å². The van der Waals surface area contributed by atoms with Crippen LogP contribution in [0.5, 0.6) is 0 Å². The van der Waals surface area contributed by atoms with Crippen molar-refractivity contribution in [1.29, 1.82) is 0 Å². The summed E-state index contributed by atoms with van der Waals surface area (Å²) >= 11 is 6.08. The number of hydrogen-bond acceptors (Lipinski definition) is 3. The molecule has 0 saturated carbocycles. The van der Waals surface area contributed by atoms with E-state index in [4.69, 9.17) is 23.8 Å². The van der Waals surface area contributed by atoms with Crippen molar-refractivity contribution in [2.45, 2.75) is 0 Å². The maximum Gasteiger partial charge on any atom is 0.255 e. The molecule has 19 heavy (non-hydrogen) atoms. The molecule has 0 aromatic heterocycles. The quantitative estimate of drug-likeness (QED) is 0.655. The Kier molecular flexibility index (Phi) is 4.31. The lowest BCUT2D eigenvalue weighted by molar-refractivity contribution is 0.0652. The van der Waals surface area contributed by atoms with Gasteiger partial charge in [0, 0.05) is 26.2 Å². The van der Waals surface area contributed by atoms with E-state index in [0.29, 0.717) is 35.9 Å². The van der Waals surface area contributed by atoms with Crippen molar-refractivity contribution in [2.24, 2.45) is 0 Å². The molecule has 1 aliphatic rings. The molecule has 1 heterocycles. The summed E-state index contributed by atoms with van der Waals surface area (Å²) in [5.74, 6) is 2.54.